The molecule has 0 saturated carbocycles. The Morgan fingerprint density at radius 1 is 1.13 bits per heavy atom. The first-order chi connectivity index (χ1) is 11.0. The van der Waals surface area contributed by atoms with Gasteiger partial charge in [0.15, 0.2) is 0 Å². The molecule has 0 spiro atoms. The highest BCUT2D eigenvalue weighted by Gasteiger charge is 2.23. The van der Waals surface area contributed by atoms with E-state index in [-0.39, 0.29) is 0 Å². The first kappa shape index (κ1) is 17.1. The van der Waals surface area contributed by atoms with Crippen LogP contribution in [0.4, 0.5) is 0 Å². The van der Waals surface area contributed by atoms with Crippen molar-refractivity contribution in [3.05, 3.63) is 64.7 Å². The molecule has 1 unspecified atom stereocenters. The molecular formula is C20H24O3. The summed E-state index contributed by atoms with van der Waals surface area (Å²) < 4.78 is 5.62. The van der Waals surface area contributed by atoms with Gasteiger partial charge in [-0.2, -0.15) is 0 Å². The molecule has 0 radical (unpaired) electrons. The third kappa shape index (κ3) is 4.35. The van der Waals surface area contributed by atoms with E-state index in [2.05, 4.69) is 6.92 Å². The molecule has 122 valence electrons. The molecule has 0 amide bonds. The van der Waals surface area contributed by atoms with Crippen molar-refractivity contribution >= 4 is 5.97 Å². The summed E-state index contributed by atoms with van der Waals surface area (Å²) in [5, 5.41) is 9.68. The highest BCUT2D eigenvalue weighted by Crippen LogP contribution is 2.28. The predicted molar refractivity (Wildman–Crippen MR) is 92.2 cm³/mol. The van der Waals surface area contributed by atoms with Gasteiger partial charge < -0.3 is 9.84 Å². The third-order valence-corrected chi connectivity index (χ3v) is 4.07. The number of carboxylic acids is 1. The molecule has 0 saturated heterocycles. The van der Waals surface area contributed by atoms with E-state index in [9.17, 15) is 9.90 Å². The third-order valence-electron chi connectivity index (χ3n) is 4.07. The van der Waals surface area contributed by atoms with Crippen LogP contribution in [0.25, 0.3) is 0 Å². The lowest BCUT2D eigenvalue weighted by molar-refractivity contribution is -0.138. The van der Waals surface area contributed by atoms with E-state index < -0.39 is 11.9 Å². The monoisotopic (exact) mass is 312 g/mol. The molecule has 2 aromatic rings. The van der Waals surface area contributed by atoms with Crippen molar-refractivity contribution < 1.29 is 14.6 Å². The Morgan fingerprint density at radius 2 is 1.87 bits per heavy atom. The first-order valence-corrected chi connectivity index (χ1v) is 8.03. The van der Waals surface area contributed by atoms with Crippen molar-refractivity contribution in [3.63, 3.8) is 0 Å². The number of benzene rings is 2. The number of ether oxygens (including phenoxy) is 1. The van der Waals surface area contributed by atoms with Crippen molar-refractivity contribution in [3.8, 4) is 5.75 Å². The number of rotatable bonds is 7. The van der Waals surface area contributed by atoms with Crippen LogP contribution in [0.2, 0.25) is 0 Å². The average molecular weight is 312 g/mol. The molecule has 2 aromatic carbocycles. The summed E-state index contributed by atoms with van der Waals surface area (Å²) in [5.74, 6) is -0.539. The Balaban J connectivity index is 2.27. The van der Waals surface area contributed by atoms with Crippen LogP contribution in [0.3, 0.4) is 0 Å². The summed E-state index contributed by atoms with van der Waals surface area (Å²) in [6.45, 7) is 6.69. The molecule has 0 heterocycles. The molecule has 1 atom stereocenters. The van der Waals surface area contributed by atoms with Gasteiger partial charge in [-0.25, -0.2) is 0 Å². The lowest BCUT2D eigenvalue weighted by Crippen LogP contribution is -2.16. The highest BCUT2D eigenvalue weighted by atomic mass is 16.5. The van der Waals surface area contributed by atoms with Crippen LogP contribution in [0.5, 0.6) is 5.75 Å². The van der Waals surface area contributed by atoms with Crippen molar-refractivity contribution in [1.82, 2.24) is 0 Å². The average Bonchev–Trinajstić information content (AvgIpc) is 2.52. The normalized spacial score (nSPS) is 12.0. The van der Waals surface area contributed by atoms with Gasteiger partial charge in [-0.3, -0.25) is 4.79 Å². The molecule has 0 aliphatic carbocycles. The number of carboxylic acid groups (broad SMARTS) is 1. The molecular weight excluding hydrogens is 288 g/mol. The zero-order chi connectivity index (χ0) is 16.8. The molecule has 0 aliphatic heterocycles. The highest BCUT2D eigenvalue weighted by molar-refractivity contribution is 5.77. The van der Waals surface area contributed by atoms with Gasteiger partial charge in [0, 0.05) is 0 Å². The van der Waals surface area contributed by atoms with E-state index in [4.69, 9.17) is 4.74 Å². The summed E-state index contributed by atoms with van der Waals surface area (Å²) in [6.07, 6.45) is 1.45. The van der Waals surface area contributed by atoms with Crippen molar-refractivity contribution in [2.75, 3.05) is 6.61 Å². The van der Waals surface area contributed by atoms with E-state index in [0.717, 1.165) is 34.4 Å². The van der Waals surface area contributed by atoms with Gasteiger partial charge in [0.25, 0.3) is 0 Å². The first-order valence-electron chi connectivity index (χ1n) is 8.03. The molecule has 0 aromatic heterocycles. The van der Waals surface area contributed by atoms with E-state index in [1.807, 2.05) is 56.3 Å². The van der Waals surface area contributed by atoms with Crippen LogP contribution in [-0.2, 0) is 11.2 Å². The van der Waals surface area contributed by atoms with Crippen molar-refractivity contribution in [2.24, 2.45) is 0 Å². The minimum atomic E-state index is -0.793. The fraction of sp³-hybridized carbons (Fsp3) is 0.350. The molecule has 0 bridgehead atoms. The zero-order valence-electron chi connectivity index (χ0n) is 14.0. The Morgan fingerprint density at radius 3 is 2.48 bits per heavy atom. The van der Waals surface area contributed by atoms with E-state index in [0.29, 0.717) is 13.0 Å². The minimum Gasteiger partial charge on any atom is -0.494 e. The Labute approximate surface area is 137 Å². The number of aryl methyl sites for hydroxylation is 2. The summed E-state index contributed by atoms with van der Waals surface area (Å²) in [4.78, 5) is 11.8. The summed E-state index contributed by atoms with van der Waals surface area (Å²) in [7, 11) is 0. The van der Waals surface area contributed by atoms with Gasteiger partial charge in [0.05, 0.1) is 12.5 Å². The lowest BCUT2D eigenvalue weighted by Gasteiger charge is -2.17. The summed E-state index contributed by atoms with van der Waals surface area (Å²) >= 11 is 0. The minimum absolute atomic E-state index is 0.498. The maximum Gasteiger partial charge on any atom is 0.311 e. The molecule has 0 aliphatic rings. The van der Waals surface area contributed by atoms with Gasteiger partial charge >= 0.3 is 5.97 Å². The van der Waals surface area contributed by atoms with Crippen molar-refractivity contribution in [1.29, 1.82) is 0 Å². The van der Waals surface area contributed by atoms with Gasteiger partial charge in [0.1, 0.15) is 5.75 Å². The summed E-state index contributed by atoms with van der Waals surface area (Å²) in [6, 6.07) is 13.6. The molecule has 1 N–H and O–H groups in total. The Kier molecular flexibility index (Phi) is 5.80. The maximum atomic E-state index is 11.8. The number of hydrogen-bond donors (Lipinski definition) is 1. The fourth-order valence-electron chi connectivity index (χ4n) is 2.74. The van der Waals surface area contributed by atoms with Gasteiger partial charge in [-0.05, 0) is 61.1 Å². The smallest absolute Gasteiger partial charge is 0.311 e. The van der Waals surface area contributed by atoms with Gasteiger partial charge in [-0.1, -0.05) is 37.3 Å². The number of aliphatic carboxylic acids is 1. The van der Waals surface area contributed by atoms with Crippen molar-refractivity contribution in [2.45, 2.75) is 39.5 Å². The van der Waals surface area contributed by atoms with E-state index in [1.165, 1.54) is 0 Å². The Bertz CT molecular complexity index is 676. The zero-order valence-corrected chi connectivity index (χ0v) is 14.0. The lowest BCUT2D eigenvalue weighted by atomic mass is 9.88. The Hall–Kier alpha value is -2.29. The second kappa shape index (κ2) is 7.82. The van der Waals surface area contributed by atoms with Crippen LogP contribution >= 0.6 is 0 Å². The van der Waals surface area contributed by atoms with Crippen LogP contribution in [0, 0.1) is 13.8 Å². The molecule has 0 fully saturated rings. The predicted octanol–water partition coefficient (Wildman–Crippen LogP) is 4.50. The molecule has 23 heavy (non-hydrogen) atoms. The van der Waals surface area contributed by atoms with E-state index in [1.54, 1.807) is 0 Å². The van der Waals surface area contributed by atoms with Crippen LogP contribution in [-0.4, -0.2) is 17.7 Å². The fourth-order valence-corrected chi connectivity index (χ4v) is 2.74. The van der Waals surface area contributed by atoms with Gasteiger partial charge in [0.2, 0.25) is 0 Å². The van der Waals surface area contributed by atoms with E-state index >= 15 is 0 Å². The second-order valence-corrected chi connectivity index (χ2v) is 5.89. The molecule has 3 heteroatoms. The topological polar surface area (TPSA) is 46.5 Å². The SMILES string of the molecule is CCCOc1ccc(C(Cc2ccccc2C)C(=O)O)c(C)c1. The summed E-state index contributed by atoms with van der Waals surface area (Å²) in [5.41, 5.74) is 4.01. The second-order valence-electron chi connectivity index (χ2n) is 5.89. The largest absolute Gasteiger partial charge is 0.494 e. The standard InChI is InChI=1S/C20H24O3/c1-4-11-23-17-9-10-18(15(3)12-17)19(20(21)22)13-16-8-6-5-7-14(16)2/h5-10,12,19H,4,11,13H2,1-3H3,(H,21,22). The van der Waals surface area contributed by atoms with Gasteiger partial charge in [-0.15, -0.1) is 0 Å². The number of hydrogen-bond acceptors (Lipinski definition) is 2. The van der Waals surface area contributed by atoms with Crippen LogP contribution in [0.1, 0.15) is 41.5 Å². The van der Waals surface area contributed by atoms with Crippen LogP contribution < -0.4 is 4.74 Å². The number of carbonyl (C=O) groups is 1. The molecule has 3 nitrogen and oxygen atoms in total. The van der Waals surface area contributed by atoms with Crippen LogP contribution in [0.15, 0.2) is 42.5 Å². The molecule has 2 rings (SSSR count). The maximum absolute atomic E-state index is 11.8. The quantitative estimate of drug-likeness (QED) is 0.818.